The molecule has 166 valence electrons. The fourth-order valence-electron chi connectivity index (χ4n) is 4.20. The number of rotatable bonds is 4. The van der Waals surface area contributed by atoms with E-state index in [0.717, 1.165) is 18.4 Å². The maximum Gasteiger partial charge on any atom is 0.179 e. The molecule has 8 nitrogen and oxygen atoms in total. The van der Waals surface area contributed by atoms with E-state index in [1.54, 1.807) is 17.0 Å². The van der Waals surface area contributed by atoms with Crippen LogP contribution in [0.15, 0.2) is 54.9 Å². The molecule has 2 atom stereocenters. The molecule has 0 amide bonds. The minimum absolute atomic E-state index is 0.0268. The summed E-state index contributed by atoms with van der Waals surface area (Å²) in [4.78, 5) is 10.5. The van der Waals surface area contributed by atoms with Gasteiger partial charge in [-0.25, -0.2) is 14.6 Å². The van der Waals surface area contributed by atoms with Gasteiger partial charge in [0, 0.05) is 16.6 Å². The number of nitrogen functional groups attached to an aromatic ring is 1. The zero-order chi connectivity index (χ0) is 22.9. The van der Waals surface area contributed by atoms with Gasteiger partial charge < -0.3 is 15.4 Å². The first-order chi connectivity index (χ1) is 16.0. The highest BCUT2D eigenvalue weighted by atomic mass is 35.5. The molecule has 0 radical (unpaired) electrons. The van der Waals surface area contributed by atoms with E-state index in [9.17, 15) is 5.26 Å². The van der Waals surface area contributed by atoms with E-state index in [2.05, 4.69) is 23.1 Å². The van der Waals surface area contributed by atoms with Crippen molar-refractivity contribution in [3.8, 4) is 28.9 Å². The first-order valence-electron chi connectivity index (χ1n) is 10.7. The molecule has 0 aliphatic carbocycles. The molecule has 1 aliphatic rings. The first-order valence-corrected chi connectivity index (χ1v) is 11.1. The molecule has 0 saturated carbocycles. The number of likely N-dealkylation sites (tertiary alicyclic amines) is 1. The Labute approximate surface area is 196 Å². The highest BCUT2D eigenvalue weighted by Crippen LogP contribution is 2.35. The Morgan fingerprint density at radius 1 is 1.06 bits per heavy atom. The number of ether oxygens (including phenoxy) is 1. The lowest BCUT2D eigenvalue weighted by Gasteiger charge is -2.34. The van der Waals surface area contributed by atoms with Crippen LogP contribution in [-0.4, -0.2) is 37.2 Å². The third-order valence-corrected chi connectivity index (χ3v) is 6.28. The van der Waals surface area contributed by atoms with E-state index in [1.807, 2.05) is 41.1 Å². The van der Waals surface area contributed by atoms with E-state index in [1.165, 1.54) is 6.33 Å². The fourth-order valence-corrected chi connectivity index (χ4v) is 4.32. The SMILES string of the molecule is CC1CCC(n2nc(-c3ccc(Oc4ccc(Cl)cc4)cc3)c3c(N)ncnc32)CN1C#N. The summed E-state index contributed by atoms with van der Waals surface area (Å²) in [6, 6.07) is 15.1. The van der Waals surface area contributed by atoms with Gasteiger partial charge >= 0.3 is 0 Å². The Kier molecular flexibility index (Phi) is 5.48. The van der Waals surface area contributed by atoms with Crippen LogP contribution in [0, 0.1) is 11.5 Å². The summed E-state index contributed by atoms with van der Waals surface area (Å²) >= 11 is 5.94. The lowest BCUT2D eigenvalue weighted by molar-refractivity contribution is 0.179. The molecular weight excluding hydrogens is 438 g/mol. The van der Waals surface area contributed by atoms with Crippen LogP contribution in [0.3, 0.4) is 0 Å². The second kappa shape index (κ2) is 8.60. The van der Waals surface area contributed by atoms with Gasteiger partial charge in [0.05, 0.1) is 18.0 Å². The minimum atomic E-state index is 0.0268. The monoisotopic (exact) mass is 459 g/mol. The number of aromatic nitrogens is 4. The van der Waals surface area contributed by atoms with E-state index >= 15 is 0 Å². The summed E-state index contributed by atoms with van der Waals surface area (Å²) < 4.78 is 7.80. The van der Waals surface area contributed by atoms with Crippen molar-refractivity contribution < 1.29 is 4.74 Å². The number of fused-ring (bicyclic) bond motifs is 1. The van der Waals surface area contributed by atoms with Crippen LogP contribution in [0.1, 0.15) is 25.8 Å². The summed E-state index contributed by atoms with van der Waals surface area (Å²) in [7, 11) is 0. The van der Waals surface area contributed by atoms with Crippen LogP contribution in [0.2, 0.25) is 5.02 Å². The van der Waals surface area contributed by atoms with Gasteiger partial charge in [-0.15, -0.1) is 0 Å². The van der Waals surface area contributed by atoms with Crippen LogP contribution >= 0.6 is 11.6 Å². The third-order valence-electron chi connectivity index (χ3n) is 6.03. The molecule has 2 aromatic heterocycles. The molecule has 1 aliphatic heterocycles. The van der Waals surface area contributed by atoms with Crippen LogP contribution < -0.4 is 10.5 Å². The Hall–Kier alpha value is -3.83. The van der Waals surface area contributed by atoms with E-state index in [0.29, 0.717) is 45.6 Å². The Balaban J connectivity index is 1.49. The van der Waals surface area contributed by atoms with Gasteiger partial charge in [-0.05, 0) is 68.3 Å². The maximum absolute atomic E-state index is 9.49. The molecule has 5 rings (SSSR count). The van der Waals surface area contributed by atoms with Gasteiger partial charge in [-0.3, -0.25) is 0 Å². The summed E-state index contributed by atoms with van der Waals surface area (Å²) in [5, 5.41) is 15.8. The third kappa shape index (κ3) is 4.03. The highest BCUT2D eigenvalue weighted by Gasteiger charge is 2.29. The molecule has 33 heavy (non-hydrogen) atoms. The van der Waals surface area contributed by atoms with Gasteiger partial charge in [0.15, 0.2) is 11.8 Å². The van der Waals surface area contributed by atoms with Gasteiger partial charge in [0.25, 0.3) is 0 Å². The highest BCUT2D eigenvalue weighted by molar-refractivity contribution is 6.30. The lowest BCUT2D eigenvalue weighted by atomic mass is 10.0. The van der Waals surface area contributed by atoms with Crippen LogP contribution in [0.5, 0.6) is 11.5 Å². The van der Waals surface area contributed by atoms with Crippen molar-refractivity contribution in [1.29, 1.82) is 5.26 Å². The molecule has 1 fully saturated rings. The van der Waals surface area contributed by atoms with Crippen molar-refractivity contribution in [1.82, 2.24) is 24.6 Å². The molecule has 0 bridgehead atoms. The topological polar surface area (TPSA) is 106 Å². The fraction of sp³-hybridized carbons (Fsp3) is 0.250. The summed E-state index contributed by atoms with van der Waals surface area (Å²) in [6.45, 7) is 2.66. The van der Waals surface area contributed by atoms with Crippen LogP contribution in [0.25, 0.3) is 22.3 Å². The molecule has 4 aromatic rings. The number of nitriles is 1. The lowest BCUT2D eigenvalue weighted by Crippen LogP contribution is -2.39. The van der Waals surface area contributed by atoms with Gasteiger partial charge in [0.2, 0.25) is 0 Å². The number of nitrogens with two attached hydrogens (primary N) is 1. The predicted molar refractivity (Wildman–Crippen MR) is 127 cm³/mol. The van der Waals surface area contributed by atoms with Gasteiger partial charge in [-0.2, -0.15) is 10.4 Å². The van der Waals surface area contributed by atoms with E-state index < -0.39 is 0 Å². The molecule has 2 N–H and O–H groups in total. The first kappa shape index (κ1) is 21.0. The molecule has 3 heterocycles. The zero-order valence-corrected chi connectivity index (χ0v) is 18.8. The van der Waals surface area contributed by atoms with Gasteiger partial charge in [0.1, 0.15) is 29.3 Å². The zero-order valence-electron chi connectivity index (χ0n) is 18.0. The average molecular weight is 460 g/mol. The molecule has 2 unspecified atom stereocenters. The molecule has 9 heteroatoms. The second-order valence-electron chi connectivity index (χ2n) is 8.16. The summed E-state index contributed by atoms with van der Waals surface area (Å²) in [6.07, 6.45) is 5.57. The number of hydrogen-bond donors (Lipinski definition) is 1. The largest absolute Gasteiger partial charge is 0.457 e. The average Bonchev–Trinajstić information content (AvgIpc) is 3.22. The predicted octanol–water partition coefficient (Wildman–Crippen LogP) is 5.03. The Morgan fingerprint density at radius 2 is 1.76 bits per heavy atom. The van der Waals surface area contributed by atoms with Crippen molar-refractivity contribution in [2.45, 2.75) is 31.8 Å². The van der Waals surface area contributed by atoms with Crippen LogP contribution in [0.4, 0.5) is 5.82 Å². The normalized spacial score (nSPS) is 18.3. The Morgan fingerprint density at radius 3 is 2.45 bits per heavy atom. The van der Waals surface area contributed by atoms with E-state index in [-0.39, 0.29) is 12.1 Å². The molecule has 2 aromatic carbocycles. The molecule has 0 spiro atoms. The van der Waals surface area contributed by atoms with Crippen molar-refractivity contribution in [3.05, 3.63) is 59.9 Å². The summed E-state index contributed by atoms with van der Waals surface area (Å²) in [5.74, 6) is 1.78. The van der Waals surface area contributed by atoms with Gasteiger partial charge in [-0.1, -0.05) is 11.6 Å². The van der Waals surface area contributed by atoms with E-state index in [4.69, 9.17) is 27.2 Å². The molecule has 1 saturated heterocycles. The van der Waals surface area contributed by atoms with Crippen molar-refractivity contribution in [2.75, 3.05) is 12.3 Å². The quantitative estimate of drug-likeness (QED) is 0.426. The number of halogens is 1. The smallest absolute Gasteiger partial charge is 0.179 e. The van der Waals surface area contributed by atoms with Crippen molar-refractivity contribution in [3.63, 3.8) is 0 Å². The van der Waals surface area contributed by atoms with Crippen LogP contribution in [-0.2, 0) is 0 Å². The number of hydrogen-bond acceptors (Lipinski definition) is 7. The molecular formula is C24H22ClN7O. The van der Waals surface area contributed by atoms with Crippen molar-refractivity contribution >= 4 is 28.5 Å². The maximum atomic E-state index is 9.49. The number of piperidine rings is 1. The Bertz CT molecular complexity index is 1330. The number of nitrogens with zero attached hydrogens (tertiary/aromatic N) is 6. The summed E-state index contributed by atoms with van der Waals surface area (Å²) in [5.41, 5.74) is 8.52. The number of anilines is 1. The minimum Gasteiger partial charge on any atom is -0.457 e. The number of benzene rings is 2. The second-order valence-corrected chi connectivity index (χ2v) is 8.60. The van der Waals surface area contributed by atoms with Crippen molar-refractivity contribution in [2.24, 2.45) is 0 Å². The standard InChI is InChI=1S/C24H22ClN7O/c1-15-2-7-18(12-31(15)13-26)32-24-21(23(27)28-14-29-24)22(30-32)16-3-8-19(9-4-16)33-20-10-5-17(25)6-11-20/h3-6,8-11,14-15,18H,2,7,12H2,1H3,(H2,27,28,29).